The van der Waals surface area contributed by atoms with Crippen LogP contribution in [0.5, 0.6) is 0 Å². The monoisotopic (exact) mass is 358 g/mol. The molecule has 0 amide bonds. The van der Waals surface area contributed by atoms with Gasteiger partial charge in [0.25, 0.3) is 10.1 Å². The van der Waals surface area contributed by atoms with Crippen LogP contribution in [0.4, 0.5) is 0 Å². The molecule has 1 aliphatic heterocycles. The number of Topliss-reactive ketones (excluding diaryl/α,β-unsaturated/α-hetero) is 1. The molecule has 1 aromatic carbocycles. The lowest BCUT2D eigenvalue weighted by atomic mass is 9.91. The van der Waals surface area contributed by atoms with Gasteiger partial charge in [0.05, 0.1) is 4.90 Å². The fraction of sp³-hybridized carbons (Fsp3) is 0.588. The van der Waals surface area contributed by atoms with Gasteiger partial charge < -0.3 is 0 Å². The summed E-state index contributed by atoms with van der Waals surface area (Å²) < 4.78 is 28.4. The number of thioether (sulfide) groups is 1. The molecule has 0 bridgehead atoms. The molecule has 1 fully saturated rings. The average Bonchev–Trinajstić information content (AvgIpc) is 3.03. The highest BCUT2D eigenvalue weighted by molar-refractivity contribution is 7.99. The van der Waals surface area contributed by atoms with Crippen LogP contribution in [0.3, 0.4) is 0 Å². The highest BCUT2D eigenvalue weighted by Gasteiger charge is 2.24. The van der Waals surface area contributed by atoms with Crippen molar-refractivity contribution in [2.45, 2.75) is 45.4 Å². The highest BCUT2D eigenvalue weighted by atomic mass is 32.2. The predicted octanol–water partition coefficient (Wildman–Crippen LogP) is 3.83. The molecule has 1 heterocycles. The molecule has 1 aliphatic rings. The van der Waals surface area contributed by atoms with Crippen LogP contribution in [-0.4, -0.2) is 32.3 Å². The second-order valence-electron chi connectivity index (χ2n) is 6.52. The van der Waals surface area contributed by atoms with E-state index in [0.29, 0.717) is 0 Å². The Bertz CT molecular complexity index is 587. The molecule has 130 valence electrons. The smallest absolute Gasteiger partial charge is 0.296 e. The first kappa shape index (κ1) is 20.2. The van der Waals surface area contributed by atoms with Gasteiger partial charge in [-0.2, -0.15) is 20.2 Å². The van der Waals surface area contributed by atoms with E-state index in [1.807, 2.05) is 6.92 Å². The molecule has 0 saturated carbocycles. The van der Waals surface area contributed by atoms with Crippen molar-refractivity contribution in [3.63, 3.8) is 0 Å². The number of carbonyl (C=O) groups is 1. The minimum absolute atomic E-state index is 0.0646. The number of rotatable bonds is 4. The van der Waals surface area contributed by atoms with Crippen molar-refractivity contribution < 1.29 is 17.4 Å². The topological polar surface area (TPSA) is 60.4 Å². The molecule has 0 aromatic heterocycles. The van der Waals surface area contributed by atoms with Gasteiger partial charge in [0, 0.05) is 5.41 Å². The average molecular weight is 359 g/mol. The van der Waals surface area contributed by atoms with E-state index in [4.69, 9.17) is 4.18 Å². The fourth-order valence-corrected chi connectivity index (χ4v) is 3.52. The third kappa shape index (κ3) is 7.50. The Hall–Kier alpha value is -0.850. The molecule has 0 N–H and O–H groups in total. The first-order chi connectivity index (χ1) is 10.6. The first-order valence-corrected chi connectivity index (χ1v) is 10.3. The maximum Gasteiger partial charge on any atom is 0.297 e. The molecule has 0 radical (unpaired) electrons. The number of aryl methyl sites for hydroxylation is 1. The number of ketones is 1. The largest absolute Gasteiger partial charge is 0.297 e. The van der Waals surface area contributed by atoms with Gasteiger partial charge in [-0.05, 0) is 43.4 Å². The van der Waals surface area contributed by atoms with E-state index >= 15 is 0 Å². The van der Waals surface area contributed by atoms with Crippen molar-refractivity contribution in [1.82, 2.24) is 0 Å². The van der Waals surface area contributed by atoms with E-state index in [-0.39, 0.29) is 10.7 Å². The highest BCUT2D eigenvalue weighted by Crippen LogP contribution is 2.18. The summed E-state index contributed by atoms with van der Waals surface area (Å²) in [5.41, 5.74) is 0.350. The maximum atomic E-state index is 11.8. The summed E-state index contributed by atoms with van der Waals surface area (Å²) in [4.78, 5) is 11.7. The molecule has 0 aliphatic carbocycles. The molecular formula is C17H26O4S2. The molecule has 2 rings (SSSR count). The van der Waals surface area contributed by atoms with Crippen molar-refractivity contribution in [1.29, 1.82) is 0 Å². The summed E-state index contributed by atoms with van der Waals surface area (Å²) in [7, 11) is -3.85. The Balaban J connectivity index is 0.000000446. The molecule has 23 heavy (non-hydrogen) atoms. The van der Waals surface area contributed by atoms with Gasteiger partial charge in [-0.3, -0.25) is 8.98 Å². The van der Waals surface area contributed by atoms with Crippen LogP contribution in [0.25, 0.3) is 0 Å². The number of hydrogen-bond acceptors (Lipinski definition) is 5. The summed E-state index contributed by atoms with van der Waals surface area (Å²) in [6.45, 7) is 6.59. The summed E-state index contributed by atoms with van der Waals surface area (Å²) in [6.07, 6.45) is 2.93. The lowest BCUT2D eigenvalue weighted by Gasteiger charge is -2.16. The standard InChI is InChI=1S/C13H18O4S.C4H8S/c1-10-5-7-11(8-6-10)18(15,16)17-9-12(14)13(2,3)4;1-2-4-5-3-1/h5-8H,9H2,1-4H3;1-4H2. The van der Waals surface area contributed by atoms with Crippen molar-refractivity contribution in [3.05, 3.63) is 29.8 Å². The van der Waals surface area contributed by atoms with Gasteiger partial charge in [-0.15, -0.1) is 0 Å². The van der Waals surface area contributed by atoms with E-state index in [1.54, 1.807) is 32.9 Å². The van der Waals surface area contributed by atoms with E-state index in [1.165, 1.54) is 36.5 Å². The molecule has 1 saturated heterocycles. The summed E-state index contributed by atoms with van der Waals surface area (Å²) in [5, 5.41) is 0. The predicted molar refractivity (Wildman–Crippen MR) is 95.3 cm³/mol. The Morgan fingerprint density at radius 2 is 1.65 bits per heavy atom. The van der Waals surface area contributed by atoms with Crippen LogP contribution in [-0.2, 0) is 19.1 Å². The van der Waals surface area contributed by atoms with Crippen LogP contribution < -0.4 is 0 Å². The SMILES string of the molecule is C1CCSC1.Cc1ccc(S(=O)(=O)OCC(=O)C(C)(C)C)cc1. The van der Waals surface area contributed by atoms with Crippen LogP contribution in [0, 0.1) is 12.3 Å². The quantitative estimate of drug-likeness (QED) is 0.766. The zero-order chi connectivity index (χ0) is 17.5. The third-order valence-electron chi connectivity index (χ3n) is 3.32. The minimum Gasteiger partial charge on any atom is -0.296 e. The van der Waals surface area contributed by atoms with E-state index in [2.05, 4.69) is 11.8 Å². The van der Waals surface area contributed by atoms with Crippen molar-refractivity contribution >= 4 is 27.7 Å². The maximum absolute atomic E-state index is 11.8. The molecule has 6 heteroatoms. The molecule has 0 spiro atoms. The number of hydrogen-bond donors (Lipinski definition) is 0. The van der Waals surface area contributed by atoms with E-state index in [9.17, 15) is 13.2 Å². The lowest BCUT2D eigenvalue weighted by Crippen LogP contribution is -2.26. The lowest BCUT2D eigenvalue weighted by molar-refractivity contribution is -0.128. The van der Waals surface area contributed by atoms with Crippen molar-refractivity contribution in [2.75, 3.05) is 18.1 Å². The summed E-state index contributed by atoms with van der Waals surface area (Å²) in [6, 6.07) is 6.29. The normalized spacial score (nSPS) is 15.0. The van der Waals surface area contributed by atoms with Crippen LogP contribution in [0.15, 0.2) is 29.2 Å². The van der Waals surface area contributed by atoms with Gasteiger partial charge in [-0.25, -0.2) is 0 Å². The summed E-state index contributed by atoms with van der Waals surface area (Å²) >= 11 is 2.07. The zero-order valence-corrected chi connectivity index (χ0v) is 15.9. The van der Waals surface area contributed by atoms with Gasteiger partial charge >= 0.3 is 0 Å². The minimum atomic E-state index is -3.85. The Morgan fingerprint density at radius 1 is 1.13 bits per heavy atom. The van der Waals surface area contributed by atoms with Crippen LogP contribution >= 0.6 is 11.8 Å². The van der Waals surface area contributed by atoms with Gasteiger partial charge in [0.1, 0.15) is 6.61 Å². The second kappa shape index (κ2) is 8.85. The molecule has 1 aromatic rings. The molecule has 4 nitrogen and oxygen atoms in total. The number of carbonyl (C=O) groups excluding carboxylic acids is 1. The van der Waals surface area contributed by atoms with Crippen LogP contribution in [0.1, 0.15) is 39.2 Å². The fourth-order valence-electron chi connectivity index (χ4n) is 1.63. The third-order valence-corrected chi connectivity index (χ3v) is 5.75. The van der Waals surface area contributed by atoms with Gasteiger partial charge in [0.2, 0.25) is 0 Å². The Kier molecular flexibility index (Phi) is 7.77. The molecule has 0 unspecified atom stereocenters. The number of benzene rings is 1. The summed E-state index contributed by atoms with van der Waals surface area (Å²) in [5.74, 6) is 2.58. The zero-order valence-electron chi connectivity index (χ0n) is 14.3. The first-order valence-electron chi connectivity index (χ1n) is 7.70. The van der Waals surface area contributed by atoms with Crippen LogP contribution in [0.2, 0.25) is 0 Å². The molecule has 0 atom stereocenters. The van der Waals surface area contributed by atoms with E-state index < -0.39 is 22.1 Å². The van der Waals surface area contributed by atoms with Crippen molar-refractivity contribution in [3.8, 4) is 0 Å². The van der Waals surface area contributed by atoms with Crippen molar-refractivity contribution in [2.24, 2.45) is 5.41 Å². The second-order valence-corrected chi connectivity index (χ2v) is 9.36. The van der Waals surface area contributed by atoms with E-state index in [0.717, 1.165) is 5.56 Å². The van der Waals surface area contributed by atoms with Gasteiger partial charge in [-0.1, -0.05) is 38.5 Å². The molecular weight excluding hydrogens is 332 g/mol. The Labute approximate surface area is 144 Å². The Morgan fingerprint density at radius 3 is 2.04 bits per heavy atom. The van der Waals surface area contributed by atoms with Gasteiger partial charge in [0.15, 0.2) is 5.78 Å².